The molecule has 0 N–H and O–H groups in total. The van der Waals surface area contributed by atoms with Crippen molar-refractivity contribution < 1.29 is 14.6 Å². The van der Waals surface area contributed by atoms with Gasteiger partial charge in [0.05, 0.1) is 11.6 Å². The lowest BCUT2D eigenvalue weighted by Crippen LogP contribution is -2.24. The third-order valence-electron chi connectivity index (χ3n) is 7.17. The van der Waals surface area contributed by atoms with Crippen LogP contribution in [0.5, 0.6) is 0 Å². The molecule has 43 heavy (non-hydrogen) atoms. The summed E-state index contributed by atoms with van der Waals surface area (Å²) in [4.78, 5) is 24.9. The molecule has 0 radical (unpaired) electrons. The Morgan fingerprint density at radius 2 is 1.72 bits per heavy atom. The highest BCUT2D eigenvalue weighted by molar-refractivity contribution is 7.99. The van der Waals surface area contributed by atoms with E-state index in [4.69, 9.17) is 16.3 Å². The minimum absolute atomic E-state index is 0.0218. The predicted octanol–water partition coefficient (Wildman–Crippen LogP) is 6.68. The topological polar surface area (TPSA) is 111 Å². The molecular weight excluding hydrogens is 580 g/mol. The van der Waals surface area contributed by atoms with Crippen molar-refractivity contribution >= 4 is 35.7 Å². The van der Waals surface area contributed by atoms with E-state index in [0.29, 0.717) is 26.1 Å². The summed E-state index contributed by atoms with van der Waals surface area (Å²) in [6.07, 6.45) is 3.19. The fourth-order valence-electron chi connectivity index (χ4n) is 5.18. The summed E-state index contributed by atoms with van der Waals surface area (Å²) in [5, 5.41) is 23.1. The molecule has 0 bridgehead atoms. The van der Waals surface area contributed by atoms with Crippen LogP contribution in [-0.4, -0.2) is 28.9 Å². The number of pyridine rings is 2. The second-order valence-electron chi connectivity index (χ2n) is 9.73. The van der Waals surface area contributed by atoms with Crippen molar-refractivity contribution in [3.05, 3.63) is 130 Å². The molecule has 7 nitrogen and oxygen atoms in total. The van der Waals surface area contributed by atoms with E-state index in [-0.39, 0.29) is 24.8 Å². The van der Waals surface area contributed by atoms with Gasteiger partial charge in [0.1, 0.15) is 22.9 Å². The molecule has 1 aliphatic carbocycles. The van der Waals surface area contributed by atoms with Gasteiger partial charge in [-0.05, 0) is 75.3 Å². The Morgan fingerprint density at radius 3 is 2.44 bits per heavy atom. The first-order valence-corrected chi connectivity index (χ1v) is 14.5. The SMILES string of the molecule is N#Cc1cc(-c2cc(Cl)c(Sc3ncccc3C=O)c(CN=C([O-])OCC3c4ccccc4-c4ccccc43)c2)ccn1. The first-order chi connectivity index (χ1) is 21.1. The number of aldehydes is 1. The van der Waals surface area contributed by atoms with Crippen LogP contribution in [0.25, 0.3) is 22.3 Å². The second-order valence-corrected chi connectivity index (χ2v) is 11.1. The second kappa shape index (κ2) is 12.5. The molecule has 0 aliphatic heterocycles. The zero-order valence-electron chi connectivity index (χ0n) is 22.6. The molecule has 3 aromatic carbocycles. The van der Waals surface area contributed by atoms with Crippen LogP contribution in [0.1, 0.15) is 38.7 Å². The minimum atomic E-state index is -0.693. The van der Waals surface area contributed by atoms with Gasteiger partial charge in [0.2, 0.25) is 0 Å². The van der Waals surface area contributed by atoms with E-state index in [2.05, 4.69) is 39.2 Å². The average molecular weight is 602 g/mol. The molecule has 210 valence electrons. The summed E-state index contributed by atoms with van der Waals surface area (Å²) in [5.74, 6) is -0.0811. The van der Waals surface area contributed by atoms with Gasteiger partial charge in [-0.3, -0.25) is 9.79 Å². The van der Waals surface area contributed by atoms with Gasteiger partial charge in [-0.1, -0.05) is 71.9 Å². The quantitative estimate of drug-likeness (QED) is 0.111. The monoisotopic (exact) mass is 601 g/mol. The summed E-state index contributed by atoms with van der Waals surface area (Å²) in [6, 6.07) is 28.7. The summed E-state index contributed by atoms with van der Waals surface area (Å²) >= 11 is 8.01. The van der Waals surface area contributed by atoms with E-state index in [0.717, 1.165) is 39.7 Å². The van der Waals surface area contributed by atoms with Crippen molar-refractivity contribution in [2.75, 3.05) is 6.61 Å². The van der Waals surface area contributed by atoms with Crippen LogP contribution >= 0.6 is 23.4 Å². The number of nitriles is 1. The molecule has 0 saturated heterocycles. The van der Waals surface area contributed by atoms with Crippen LogP contribution in [0.3, 0.4) is 0 Å². The van der Waals surface area contributed by atoms with Gasteiger partial charge in [-0.25, -0.2) is 9.97 Å². The number of halogens is 1. The highest BCUT2D eigenvalue weighted by Crippen LogP contribution is 2.44. The number of hydrogen-bond donors (Lipinski definition) is 0. The Hall–Kier alpha value is -4.97. The summed E-state index contributed by atoms with van der Waals surface area (Å²) in [5.41, 5.74) is 7.30. The van der Waals surface area contributed by atoms with Crippen LogP contribution in [0, 0.1) is 11.3 Å². The minimum Gasteiger partial charge on any atom is -0.599 e. The number of benzene rings is 3. The molecule has 2 heterocycles. The van der Waals surface area contributed by atoms with Crippen LogP contribution < -0.4 is 5.11 Å². The Balaban J connectivity index is 1.29. The van der Waals surface area contributed by atoms with E-state index in [1.807, 2.05) is 36.4 Å². The number of carbonyl (C=O) groups is 1. The van der Waals surface area contributed by atoms with Crippen LogP contribution in [0.2, 0.25) is 5.02 Å². The van der Waals surface area contributed by atoms with Gasteiger partial charge in [-0.15, -0.1) is 0 Å². The normalized spacial score (nSPS) is 12.3. The van der Waals surface area contributed by atoms with Crippen LogP contribution in [-0.2, 0) is 11.3 Å². The van der Waals surface area contributed by atoms with E-state index in [1.165, 1.54) is 11.8 Å². The maximum atomic E-state index is 13.0. The molecular formula is C34H22ClN4O3S-. The van der Waals surface area contributed by atoms with Crippen molar-refractivity contribution in [1.29, 1.82) is 5.26 Å². The molecule has 0 unspecified atom stereocenters. The third-order valence-corrected chi connectivity index (χ3v) is 8.80. The number of aromatic nitrogens is 2. The molecule has 2 aromatic heterocycles. The van der Waals surface area contributed by atoms with Crippen LogP contribution in [0.4, 0.5) is 0 Å². The largest absolute Gasteiger partial charge is 0.599 e. The number of ether oxygens (including phenoxy) is 1. The zero-order valence-corrected chi connectivity index (χ0v) is 24.2. The van der Waals surface area contributed by atoms with Gasteiger partial charge in [0, 0.05) is 35.4 Å². The van der Waals surface area contributed by atoms with E-state index in [1.54, 1.807) is 42.7 Å². The highest BCUT2D eigenvalue weighted by atomic mass is 35.5. The molecule has 0 fully saturated rings. The lowest BCUT2D eigenvalue weighted by molar-refractivity contribution is -0.251. The van der Waals surface area contributed by atoms with Gasteiger partial charge in [0.15, 0.2) is 6.29 Å². The highest BCUT2D eigenvalue weighted by Gasteiger charge is 2.27. The van der Waals surface area contributed by atoms with Gasteiger partial charge in [-0.2, -0.15) is 5.26 Å². The zero-order chi connectivity index (χ0) is 29.8. The summed E-state index contributed by atoms with van der Waals surface area (Å²) in [6.45, 7) is 0.134. The molecule has 0 amide bonds. The van der Waals surface area contributed by atoms with Crippen molar-refractivity contribution in [2.45, 2.75) is 22.4 Å². The lowest BCUT2D eigenvalue weighted by atomic mass is 9.98. The Labute approximate surface area is 257 Å². The number of fused-ring (bicyclic) bond motifs is 3. The van der Waals surface area contributed by atoms with Crippen molar-refractivity contribution in [1.82, 2.24) is 9.97 Å². The van der Waals surface area contributed by atoms with E-state index in [9.17, 15) is 15.2 Å². The maximum Gasteiger partial charge on any atom is 0.152 e. The molecule has 1 aliphatic rings. The summed E-state index contributed by atoms with van der Waals surface area (Å²) in [7, 11) is 0. The maximum absolute atomic E-state index is 13.0. The molecule has 0 spiro atoms. The first-order valence-electron chi connectivity index (χ1n) is 13.3. The number of hydrogen-bond acceptors (Lipinski definition) is 8. The number of aliphatic imine (C=N–C) groups is 1. The Bertz CT molecular complexity index is 1880. The van der Waals surface area contributed by atoms with Gasteiger partial charge < -0.3 is 9.84 Å². The van der Waals surface area contributed by atoms with Crippen molar-refractivity contribution in [3.63, 3.8) is 0 Å². The third kappa shape index (κ3) is 5.86. The molecule has 6 rings (SSSR count). The number of rotatable bonds is 8. The fourth-order valence-corrected chi connectivity index (χ4v) is 6.49. The van der Waals surface area contributed by atoms with Crippen LogP contribution in [0.15, 0.2) is 112 Å². The van der Waals surface area contributed by atoms with Gasteiger partial charge >= 0.3 is 0 Å². The molecule has 9 heteroatoms. The van der Waals surface area contributed by atoms with E-state index >= 15 is 0 Å². The smallest absolute Gasteiger partial charge is 0.152 e. The summed E-state index contributed by atoms with van der Waals surface area (Å²) < 4.78 is 5.68. The predicted molar refractivity (Wildman–Crippen MR) is 164 cm³/mol. The molecule has 0 saturated carbocycles. The Morgan fingerprint density at radius 1 is 0.977 bits per heavy atom. The lowest BCUT2D eigenvalue weighted by Gasteiger charge is -2.21. The fraction of sp³-hybridized carbons (Fsp3) is 0.0882. The van der Waals surface area contributed by atoms with Gasteiger partial charge in [0.25, 0.3) is 0 Å². The Kier molecular flexibility index (Phi) is 8.18. The first kappa shape index (κ1) is 28.2. The average Bonchev–Trinajstić information content (AvgIpc) is 3.37. The van der Waals surface area contributed by atoms with Crippen molar-refractivity contribution in [3.8, 4) is 28.3 Å². The molecule has 5 aromatic rings. The van der Waals surface area contributed by atoms with E-state index < -0.39 is 6.08 Å². The number of carbonyl (C=O) groups excluding carboxylic acids is 1. The van der Waals surface area contributed by atoms with Crippen molar-refractivity contribution in [2.24, 2.45) is 4.99 Å². The molecule has 0 atom stereocenters. The standard InChI is InChI=1S/C34H23ClN4O3S/c35-31-16-23(21-11-13-37-25(15-21)17-36)14-24(32(31)43-33-22(19-40)6-5-12-38-33)18-39-34(41)42-20-30-28-9-3-1-7-26(28)27-8-2-4-10-29(27)30/h1-16,19,30H,18,20H2,(H,39,41)/p-1. The number of nitrogens with zero attached hydrogens (tertiary/aromatic N) is 4.